The van der Waals surface area contributed by atoms with Crippen LogP contribution in [0.3, 0.4) is 0 Å². The summed E-state index contributed by atoms with van der Waals surface area (Å²) in [5.74, 6) is 0.145. The molecule has 0 aromatic heterocycles. The number of Topliss-reactive ketones (excluding diaryl/α,β-unsaturated/α-hetero) is 1. The molecule has 1 aliphatic heterocycles. The van der Waals surface area contributed by atoms with Crippen LogP contribution >= 0.6 is 0 Å². The average molecular weight is 266 g/mol. The zero-order valence-corrected chi connectivity index (χ0v) is 11.6. The Labute approximate surface area is 119 Å². The van der Waals surface area contributed by atoms with Gasteiger partial charge in [-0.2, -0.15) is 0 Å². The molecular formula is C18H18O2. The number of carbonyl (C=O) groups is 1. The quantitative estimate of drug-likeness (QED) is 0.788. The van der Waals surface area contributed by atoms with Crippen LogP contribution < -0.4 is 0 Å². The highest BCUT2D eigenvalue weighted by Gasteiger charge is 2.23. The highest BCUT2D eigenvalue weighted by molar-refractivity contribution is 5.96. The van der Waals surface area contributed by atoms with Gasteiger partial charge in [-0.05, 0) is 24.5 Å². The van der Waals surface area contributed by atoms with Gasteiger partial charge in [0.25, 0.3) is 0 Å². The van der Waals surface area contributed by atoms with Crippen LogP contribution in [0, 0.1) is 6.92 Å². The molecule has 0 saturated carbocycles. The number of benzene rings is 2. The third-order valence-electron chi connectivity index (χ3n) is 3.84. The second-order valence-electron chi connectivity index (χ2n) is 5.30. The topological polar surface area (TPSA) is 26.3 Å². The molecule has 0 saturated heterocycles. The molecule has 0 fully saturated rings. The first-order valence-corrected chi connectivity index (χ1v) is 7.03. The molecule has 20 heavy (non-hydrogen) atoms. The normalized spacial score (nSPS) is 17.6. The molecule has 0 unspecified atom stereocenters. The monoisotopic (exact) mass is 266 g/mol. The summed E-state index contributed by atoms with van der Waals surface area (Å²) in [7, 11) is 0. The van der Waals surface area contributed by atoms with E-state index in [1.165, 1.54) is 16.7 Å². The summed E-state index contributed by atoms with van der Waals surface area (Å²) in [6.07, 6.45) is 1.25. The molecule has 0 radical (unpaired) electrons. The van der Waals surface area contributed by atoms with Crippen LogP contribution in [0.1, 0.15) is 39.6 Å². The maximum atomic E-state index is 12.4. The minimum Gasteiger partial charge on any atom is -0.373 e. The van der Waals surface area contributed by atoms with Gasteiger partial charge in [0.1, 0.15) is 0 Å². The number of hydrogen-bond donors (Lipinski definition) is 0. The van der Waals surface area contributed by atoms with Crippen molar-refractivity contribution in [1.82, 2.24) is 0 Å². The number of ether oxygens (including phenoxy) is 1. The first kappa shape index (κ1) is 13.1. The molecule has 102 valence electrons. The van der Waals surface area contributed by atoms with E-state index in [1.54, 1.807) is 0 Å². The summed E-state index contributed by atoms with van der Waals surface area (Å²) in [6.45, 7) is 2.72. The fourth-order valence-corrected chi connectivity index (χ4v) is 2.67. The molecule has 0 spiro atoms. The van der Waals surface area contributed by atoms with Gasteiger partial charge in [-0.1, -0.05) is 54.1 Å². The van der Waals surface area contributed by atoms with Crippen molar-refractivity contribution in [2.45, 2.75) is 25.9 Å². The Morgan fingerprint density at radius 3 is 2.70 bits per heavy atom. The first-order chi connectivity index (χ1) is 9.74. The van der Waals surface area contributed by atoms with E-state index in [1.807, 2.05) is 43.3 Å². The number of fused-ring (bicyclic) bond motifs is 1. The summed E-state index contributed by atoms with van der Waals surface area (Å²) >= 11 is 0. The molecule has 1 atom stereocenters. The maximum Gasteiger partial charge on any atom is 0.165 e. The van der Waals surface area contributed by atoms with Gasteiger partial charge in [-0.15, -0.1) is 0 Å². The Morgan fingerprint density at radius 2 is 1.90 bits per heavy atom. The summed E-state index contributed by atoms with van der Waals surface area (Å²) in [5, 5.41) is 0. The Morgan fingerprint density at radius 1 is 1.15 bits per heavy atom. The molecule has 2 heteroatoms. The van der Waals surface area contributed by atoms with E-state index in [0.29, 0.717) is 13.0 Å². The van der Waals surface area contributed by atoms with Crippen LogP contribution in [0.25, 0.3) is 0 Å². The van der Waals surface area contributed by atoms with E-state index >= 15 is 0 Å². The molecule has 2 aromatic rings. The number of ketones is 1. The molecular weight excluding hydrogens is 248 g/mol. The summed E-state index contributed by atoms with van der Waals surface area (Å²) in [6, 6.07) is 16.0. The molecule has 1 heterocycles. The van der Waals surface area contributed by atoms with E-state index in [0.717, 1.165) is 12.0 Å². The Kier molecular flexibility index (Phi) is 3.66. The fourth-order valence-electron chi connectivity index (χ4n) is 2.67. The average Bonchev–Trinajstić information content (AvgIpc) is 2.48. The largest absolute Gasteiger partial charge is 0.373 e. The Balaban J connectivity index is 1.79. The van der Waals surface area contributed by atoms with Crippen LogP contribution in [-0.4, -0.2) is 12.4 Å². The van der Waals surface area contributed by atoms with Crippen molar-refractivity contribution < 1.29 is 9.53 Å². The van der Waals surface area contributed by atoms with Crippen LogP contribution in [0.5, 0.6) is 0 Å². The van der Waals surface area contributed by atoms with E-state index < -0.39 is 0 Å². The second kappa shape index (κ2) is 5.59. The van der Waals surface area contributed by atoms with Crippen molar-refractivity contribution in [2.24, 2.45) is 0 Å². The summed E-state index contributed by atoms with van der Waals surface area (Å²) in [5.41, 5.74) is 4.41. The van der Waals surface area contributed by atoms with Crippen LogP contribution in [0.4, 0.5) is 0 Å². The van der Waals surface area contributed by atoms with Crippen molar-refractivity contribution in [2.75, 3.05) is 6.61 Å². The van der Waals surface area contributed by atoms with Crippen molar-refractivity contribution in [3.8, 4) is 0 Å². The van der Waals surface area contributed by atoms with Crippen LogP contribution in [0.2, 0.25) is 0 Å². The van der Waals surface area contributed by atoms with E-state index in [4.69, 9.17) is 4.74 Å². The van der Waals surface area contributed by atoms with Gasteiger partial charge >= 0.3 is 0 Å². The predicted octanol–water partition coefficient (Wildman–Crippen LogP) is 3.88. The third kappa shape index (κ3) is 2.66. The molecule has 0 amide bonds. The minimum atomic E-state index is -0.103. The van der Waals surface area contributed by atoms with Crippen molar-refractivity contribution in [3.05, 3.63) is 70.8 Å². The van der Waals surface area contributed by atoms with Gasteiger partial charge < -0.3 is 4.74 Å². The van der Waals surface area contributed by atoms with E-state index in [2.05, 4.69) is 12.1 Å². The van der Waals surface area contributed by atoms with E-state index in [9.17, 15) is 4.79 Å². The first-order valence-electron chi connectivity index (χ1n) is 7.03. The van der Waals surface area contributed by atoms with Crippen molar-refractivity contribution in [1.29, 1.82) is 0 Å². The van der Waals surface area contributed by atoms with Gasteiger partial charge in [0, 0.05) is 12.0 Å². The maximum absolute atomic E-state index is 12.4. The minimum absolute atomic E-state index is 0.103. The lowest BCUT2D eigenvalue weighted by Crippen LogP contribution is -2.19. The lowest BCUT2D eigenvalue weighted by Gasteiger charge is -2.25. The standard InChI is InChI=1S/C18H18O2/c1-13-6-8-15(9-7-13)17(19)12-18-16-5-3-2-4-14(16)10-11-20-18/h2-9,18H,10-12H2,1H3/t18-/m1/s1. The number of rotatable bonds is 3. The molecule has 1 aliphatic rings. The summed E-state index contributed by atoms with van der Waals surface area (Å²) < 4.78 is 5.80. The molecule has 3 rings (SSSR count). The zero-order valence-electron chi connectivity index (χ0n) is 11.6. The molecule has 0 N–H and O–H groups in total. The lowest BCUT2D eigenvalue weighted by molar-refractivity contribution is 0.0352. The second-order valence-corrected chi connectivity index (χ2v) is 5.30. The zero-order chi connectivity index (χ0) is 13.9. The summed E-state index contributed by atoms with van der Waals surface area (Å²) in [4.78, 5) is 12.4. The highest BCUT2D eigenvalue weighted by Crippen LogP contribution is 2.30. The van der Waals surface area contributed by atoms with Gasteiger partial charge in [0.15, 0.2) is 5.78 Å². The van der Waals surface area contributed by atoms with Crippen LogP contribution in [0.15, 0.2) is 48.5 Å². The number of carbonyl (C=O) groups excluding carboxylic acids is 1. The van der Waals surface area contributed by atoms with Crippen molar-refractivity contribution in [3.63, 3.8) is 0 Å². The molecule has 2 nitrogen and oxygen atoms in total. The Hall–Kier alpha value is -1.93. The van der Waals surface area contributed by atoms with Gasteiger partial charge in [-0.3, -0.25) is 4.79 Å². The molecule has 2 aromatic carbocycles. The molecule has 0 bridgehead atoms. The van der Waals surface area contributed by atoms with E-state index in [-0.39, 0.29) is 11.9 Å². The number of hydrogen-bond acceptors (Lipinski definition) is 2. The number of aryl methyl sites for hydroxylation is 1. The predicted molar refractivity (Wildman–Crippen MR) is 79.0 cm³/mol. The van der Waals surface area contributed by atoms with Gasteiger partial charge in [0.2, 0.25) is 0 Å². The van der Waals surface area contributed by atoms with Crippen molar-refractivity contribution >= 4 is 5.78 Å². The highest BCUT2D eigenvalue weighted by atomic mass is 16.5. The SMILES string of the molecule is Cc1ccc(C(=O)C[C@H]2OCCc3ccccc32)cc1. The van der Waals surface area contributed by atoms with Gasteiger partial charge in [-0.25, -0.2) is 0 Å². The molecule has 0 aliphatic carbocycles. The fraction of sp³-hybridized carbons (Fsp3) is 0.278. The Bertz CT molecular complexity index is 614. The van der Waals surface area contributed by atoms with Crippen LogP contribution in [-0.2, 0) is 11.2 Å². The third-order valence-corrected chi connectivity index (χ3v) is 3.84. The lowest BCUT2D eigenvalue weighted by atomic mass is 9.93. The smallest absolute Gasteiger partial charge is 0.165 e. The van der Waals surface area contributed by atoms with Gasteiger partial charge in [0.05, 0.1) is 12.7 Å².